The van der Waals surface area contributed by atoms with Gasteiger partial charge in [-0.15, -0.1) is 0 Å². The molecule has 4 aliphatic heterocycles. The molecule has 4 bridgehead atoms. The molecule has 16 nitrogen and oxygen atoms in total. The maximum absolute atomic E-state index is 15.5. The van der Waals surface area contributed by atoms with E-state index in [1.165, 1.54) is 6.07 Å². The van der Waals surface area contributed by atoms with Crippen molar-refractivity contribution in [1.29, 1.82) is 0 Å². The molecule has 8 heterocycles. The average molecular weight is 888 g/mol. The number of anilines is 3. The van der Waals surface area contributed by atoms with Crippen LogP contribution in [-0.2, 0) is 27.9 Å². The van der Waals surface area contributed by atoms with Gasteiger partial charge in [0.25, 0.3) is 5.91 Å². The zero-order chi connectivity index (χ0) is 45.1. The molecule has 65 heavy (non-hydrogen) atoms. The first kappa shape index (κ1) is 43.0. The molecule has 342 valence electrons. The number of methoxy groups -OCH3 is 1. The molecule has 1 aliphatic carbocycles. The molecule has 0 spiro atoms. The molecule has 1 aromatic carbocycles. The monoisotopic (exact) mass is 887 g/mol. The third-order valence-corrected chi connectivity index (χ3v) is 14.4. The van der Waals surface area contributed by atoms with Crippen molar-refractivity contribution in [3.63, 3.8) is 0 Å². The van der Waals surface area contributed by atoms with Crippen LogP contribution in [-0.4, -0.2) is 117 Å². The van der Waals surface area contributed by atoms with Gasteiger partial charge in [0.1, 0.15) is 5.82 Å². The van der Waals surface area contributed by atoms with Gasteiger partial charge in [-0.05, 0) is 101 Å². The van der Waals surface area contributed by atoms with Crippen molar-refractivity contribution in [3.8, 4) is 17.1 Å². The lowest BCUT2D eigenvalue weighted by Crippen LogP contribution is -2.60. The van der Waals surface area contributed by atoms with E-state index >= 15 is 4.39 Å². The van der Waals surface area contributed by atoms with Gasteiger partial charge in [-0.25, -0.2) is 14.1 Å². The summed E-state index contributed by atoms with van der Waals surface area (Å²) >= 11 is 0. The fraction of sp³-hybridized carbons (Fsp3) is 0.521. The maximum Gasteiger partial charge on any atom is 0.258 e. The summed E-state index contributed by atoms with van der Waals surface area (Å²) in [5.74, 6) is -0.343. The first-order valence-electron chi connectivity index (χ1n) is 23.1. The summed E-state index contributed by atoms with van der Waals surface area (Å²) in [6, 6.07) is 12.1. The number of halogens is 1. The lowest BCUT2D eigenvalue weighted by Gasteiger charge is -2.48. The fourth-order valence-electron chi connectivity index (χ4n) is 11.2. The Morgan fingerprint density at radius 1 is 0.862 bits per heavy atom. The van der Waals surface area contributed by atoms with E-state index in [1.54, 1.807) is 17.9 Å². The molecule has 1 unspecified atom stereocenters. The summed E-state index contributed by atoms with van der Waals surface area (Å²) in [4.78, 5) is 60.0. The van der Waals surface area contributed by atoms with E-state index in [0.717, 1.165) is 111 Å². The number of amides is 3. The van der Waals surface area contributed by atoms with E-state index in [0.29, 0.717) is 59.9 Å². The number of rotatable bonds is 6. The third-order valence-electron chi connectivity index (χ3n) is 14.4. The highest BCUT2D eigenvalue weighted by Crippen LogP contribution is 2.39. The second kappa shape index (κ2) is 17.5. The Kier molecular flexibility index (Phi) is 11.5. The van der Waals surface area contributed by atoms with E-state index in [-0.39, 0.29) is 36.4 Å². The number of carbonyl (C=O) groups is 3. The first-order chi connectivity index (χ1) is 31.4. The zero-order valence-corrected chi connectivity index (χ0v) is 37.9. The van der Waals surface area contributed by atoms with Gasteiger partial charge in [0.05, 0.1) is 70.2 Å². The van der Waals surface area contributed by atoms with Crippen LogP contribution in [0.5, 0.6) is 5.88 Å². The van der Waals surface area contributed by atoms with Gasteiger partial charge in [-0.2, -0.15) is 5.10 Å². The molecule has 17 heteroatoms. The van der Waals surface area contributed by atoms with Crippen LogP contribution < -0.4 is 25.2 Å². The normalized spacial score (nSPS) is 23.4. The van der Waals surface area contributed by atoms with Gasteiger partial charge >= 0.3 is 0 Å². The van der Waals surface area contributed by atoms with Crippen LogP contribution >= 0.6 is 0 Å². The molecule has 5 aliphatic rings. The van der Waals surface area contributed by atoms with Crippen LogP contribution in [0, 0.1) is 38.4 Å². The van der Waals surface area contributed by atoms with Crippen molar-refractivity contribution >= 4 is 46.1 Å². The van der Waals surface area contributed by atoms with Crippen LogP contribution in [0.2, 0.25) is 0 Å². The Morgan fingerprint density at radius 2 is 1.68 bits per heavy atom. The molecular formula is C48H58FN11O5. The van der Waals surface area contributed by atoms with Crippen molar-refractivity contribution in [2.24, 2.45) is 18.9 Å². The van der Waals surface area contributed by atoms with Gasteiger partial charge in [0, 0.05) is 88.9 Å². The molecule has 10 rings (SSSR count). The Balaban J connectivity index is 0.864. The summed E-state index contributed by atoms with van der Waals surface area (Å²) in [6.07, 6.45) is 5.38. The van der Waals surface area contributed by atoms with Gasteiger partial charge in [0.2, 0.25) is 23.6 Å². The van der Waals surface area contributed by atoms with Gasteiger partial charge in [0.15, 0.2) is 0 Å². The SMILES string of the molecule is COC[C@@H]1CN(c2ccc3nc4n(c3c2)C[C@@H]2CC[C@H](COc3c(c(C)nn3C)-c3cc(cc(C)n3)C(=O)N4)C2)CCN1C1CCN(c2cc(F)c(C3CCC(=O)NC3=O)nc2C)CC1. The van der Waals surface area contributed by atoms with E-state index in [9.17, 15) is 14.4 Å². The summed E-state index contributed by atoms with van der Waals surface area (Å²) in [5.41, 5.74) is 7.96. The van der Waals surface area contributed by atoms with Crippen molar-refractivity contribution in [1.82, 2.24) is 39.5 Å². The molecule has 4 atom stereocenters. The third kappa shape index (κ3) is 8.32. The molecule has 1 saturated carbocycles. The fourth-order valence-corrected chi connectivity index (χ4v) is 11.2. The van der Waals surface area contributed by atoms with Crippen LogP contribution in [0.4, 0.5) is 21.7 Å². The number of hydrogen-bond donors (Lipinski definition) is 2. The number of imidazole rings is 1. The molecule has 3 amide bonds. The number of piperidine rings is 2. The number of nitrogens with one attached hydrogen (secondary N) is 2. The van der Waals surface area contributed by atoms with Crippen molar-refractivity contribution in [2.75, 3.05) is 68.2 Å². The Morgan fingerprint density at radius 3 is 2.48 bits per heavy atom. The molecule has 5 aromatic rings. The number of aryl methyl sites for hydroxylation is 4. The first-order valence-corrected chi connectivity index (χ1v) is 23.1. The summed E-state index contributed by atoms with van der Waals surface area (Å²) in [7, 11) is 3.65. The topological polar surface area (TPSA) is 165 Å². The number of imide groups is 1. The van der Waals surface area contributed by atoms with Gasteiger partial charge in [-0.3, -0.25) is 39.9 Å². The number of fused-ring (bicyclic) bond motifs is 9. The standard InChI is InChI=1S/C48H58FN11O5/c1-27-18-32-20-39(50-27)43-29(3)55-56(4)47(43)65-25-31-7-6-30(19-31)23-60-41-21-34(8-10-38(41)52-48(60)54-45(32)62)58-16-17-59(35(24-58)26-64-5)33-12-14-57(15-13-33)40-22-37(49)44(51-28(40)2)36-9-11-42(61)53-46(36)63/h8,10,18,20-22,30-31,33,35-36H,6-7,9,11-17,19,23-26H2,1-5H3,(H,52,54,62)(H,53,61,63)/t30-,31+,35+,36?/m1/s1. The average Bonchev–Trinajstić information content (AvgIpc) is 3.97. The minimum absolute atomic E-state index is 0.112. The lowest BCUT2D eigenvalue weighted by atomic mass is 9.93. The second-order valence-electron chi connectivity index (χ2n) is 18.8. The van der Waals surface area contributed by atoms with Crippen LogP contribution in [0.3, 0.4) is 0 Å². The molecule has 4 fully saturated rings. The highest BCUT2D eigenvalue weighted by molar-refractivity contribution is 6.05. The largest absolute Gasteiger partial charge is 0.477 e. The van der Waals surface area contributed by atoms with Crippen LogP contribution in [0.15, 0.2) is 36.4 Å². The van der Waals surface area contributed by atoms with Crippen molar-refractivity contribution in [2.45, 2.75) is 90.3 Å². The number of piperazine rings is 1. The lowest BCUT2D eigenvalue weighted by molar-refractivity contribution is -0.134. The minimum Gasteiger partial charge on any atom is -0.477 e. The van der Waals surface area contributed by atoms with E-state index < -0.39 is 17.6 Å². The highest BCUT2D eigenvalue weighted by atomic mass is 19.1. The number of hydrogen-bond acceptors (Lipinski definition) is 12. The summed E-state index contributed by atoms with van der Waals surface area (Å²) < 4.78 is 31.9. The number of benzene rings is 1. The van der Waals surface area contributed by atoms with E-state index in [4.69, 9.17) is 19.4 Å². The summed E-state index contributed by atoms with van der Waals surface area (Å²) in [5, 5.41) is 10.2. The molecule has 0 radical (unpaired) electrons. The van der Waals surface area contributed by atoms with Gasteiger partial charge in [-0.1, -0.05) is 0 Å². The Hall–Kier alpha value is -5.94. The minimum atomic E-state index is -0.764. The number of pyridine rings is 2. The highest BCUT2D eigenvalue weighted by Gasteiger charge is 2.37. The van der Waals surface area contributed by atoms with E-state index in [2.05, 4.69) is 58.2 Å². The molecule has 4 aromatic heterocycles. The number of aromatic nitrogens is 6. The smallest absolute Gasteiger partial charge is 0.258 e. The zero-order valence-electron chi connectivity index (χ0n) is 37.9. The predicted molar refractivity (Wildman–Crippen MR) is 244 cm³/mol. The number of carbonyl (C=O) groups excluding carboxylic acids is 3. The number of ether oxygens (including phenoxy) is 2. The Bertz CT molecular complexity index is 2670. The quantitative estimate of drug-likeness (QED) is 0.201. The van der Waals surface area contributed by atoms with Gasteiger partial charge < -0.3 is 23.8 Å². The Labute approximate surface area is 377 Å². The van der Waals surface area contributed by atoms with Crippen LogP contribution in [0.25, 0.3) is 22.3 Å². The second-order valence-corrected chi connectivity index (χ2v) is 18.8. The van der Waals surface area contributed by atoms with Crippen molar-refractivity contribution in [3.05, 3.63) is 70.6 Å². The maximum atomic E-state index is 15.5. The molecule has 2 N–H and O–H groups in total. The number of nitrogens with zero attached hydrogens (tertiary/aromatic N) is 9. The van der Waals surface area contributed by atoms with Crippen molar-refractivity contribution < 1.29 is 28.2 Å². The predicted octanol–water partition coefficient (Wildman–Crippen LogP) is 5.68. The summed E-state index contributed by atoms with van der Waals surface area (Å²) in [6.45, 7) is 11.6. The molecular weight excluding hydrogens is 830 g/mol. The van der Waals surface area contributed by atoms with Crippen LogP contribution in [0.1, 0.15) is 84.0 Å². The molecule has 3 saturated heterocycles. The van der Waals surface area contributed by atoms with E-state index in [1.807, 2.05) is 33.9 Å².